The second kappa shape index (κ2) is 8.41. The molecular weight excluding hydrogens is 464 g/mol. The van der Waals surface area contributed by atoms with Gasteiger partial charge in [0.1, 0.15) is 10.7 Å². The van der Waals surface area contributed by atoms with Crippen LogP contribution in [0.15, 0.2) is 45.7 Å². The van der Waals surface area contributed by atoms with E-state index in [1.54, 1.807) is 31.2 Å². The molecule has 10 heteroatoms. The van der Waals surface area contributed by atoms with E-state index in [9.17, 15) is 17.6 Å². The van der Waals surface area contributed by atoms with E-state index in [0.717, 1.165) is 0 Å². The average Bonchev–Trinajstić information content (AvgIpc) is 3.02. The summed E-state index contributed by atoms with van der Waals surface area (Å²) in [6.45, 7) is 2.74. The van der Waals surface area contributed by atoms with E-state index in [-0.39, 0.29) is 26.8 Å². The Morgan fingerprint density at radius 2 is 1.87 bits per heavy atom. The minimum absolute atomic E-state index is 0.0712. The lowest BCUT2D eigenvalue weighted by Gasteiger charge is -2.33. The van der Waals surface area contributed by atoms with Crippen molar-refractivity contribution >= 4 is 45.0 Å². The smallest absolute Gasteiger partial charge is 0.285 e. The highest BCUT2D eigenvalue weighted by Crippen LogP contribution is 2.31. The molecule has 2 aromatic rings. The minimum Gasteiger partial charge on any atom is -0.355 e. The normalized spacial score (nSPS) is 19.0. The second-order valence-electron chi connectivity index (χ2n) is 7.67. The van der Waals surface area contributed by atoms with Gasteiger partial charge < -0.3 is 10.2 Å². The highest BCUT2D eigenvalue weighted by atomic mass is 35.5. The molecule has 6 nitrogen and oxygen atoms in total. The molecule has 2 aromatic carbocycles. The molecule has 31 heavy (non-hydrogen) atoms. The molecule has 1 amide bonds. The van der Waals surface area contributed by atoms with Gasteiger partial charge in [-0.3, -0.25) is 4.79 Å². The summed E-state index contributed by atoms with van der Waals surface area (Å²) < 4.78 is 42.3. The maximum Gasteiger partial charge on any atom is 0.285 e. The maximum atomic E-state index is 13.8. The molecule has 4 rings (SSSR count). The summed E-state index contributed by atoms with van der Waals surface area (Å²) >= 11 is 11.9. The van der Waals surface area contributed by atoms with Crippen LogP contribution in [0.3, 0.4) is 0 Å². The van der Waals surface area contributed by atoms with Gasteiger partial charge in [0.15, 0.2) is 5.84 Å². The molecule has 2 aliphatic heterocycles. The summed E-state index contributed by atoms with van der Waals surface area (Å²) in [5.74, 6) is -0.558. The Balaban J connectivity index is 1.41. The predicted octanol–water partition coefficient (Wildman–Crippen LogP) is 4.17. The predicted molar refractivity (Wildman–Crippen MR) is 117 cm³/mol. The van der Waals surface area contributed by atoms with Crippen molar-refractivity contribution in [2.75, 3.05) is 13.1 Å². The number of benzene rings is 2. The van der Waals surface area contributed by atoms with Crippen molar-refractivity contribution in [3.8, 4) is 0 Å². The first-order valence-electron chi connectivity index (χ1n) is 9.81. The van der Waals surface area contributed by atoms with E-state index in [2.05, 4.69) is 9.71 Å². The van der Waals surface area contributed by atoms with Crippen molar-refractivity contribution in [1.29, 1.82) is 0 Å². The summed E-state index contributed by atoms with van der Waals surface area (Å²) in [6.07, 6.45) is 1.09. The van der Waals surface area contributed by atoms with Crippen LogP contribution in [-0.4, -0.2) is 38.2 Å². The fourth-order valence-electron chi connectivity index (χ4n) is 3.95. The van der Waals surface area contributed by atoms with Gasteiger partial charge in [-0.25, -0.2) is 4.39 Å². The Morgan fingerprint density at radius 1 is 1.19 bits per heavy atom. The Labute approximate surface area is 190 Å². The Morgan fingerprint density at radius 3 is 2.58 bits per heavy atom. The van der Waals surface area contributed by atoms with Gasteiger partial charge in [-0.1, -0.05) is 35.3 Å². The third-order valence-electron chi connectivity index (χ3n) is 5.64. The van der Waals surface area contributed by atoms with E-state index in [0.29, 0.717) is 42.9 Å². The highest BCUT2D eigenvalue weighted by molar-refractivity contribution is 7.90. The summed E-state index contributed by atoms with van der Waals surface area (Å²) in [5.41, 5.74) is 1.05. The van der Waals surface area contributed by atoms with Crippen LogP contribution in [0.1, 0.15) is 36.9 Å². The molecular formula is C21H20Cl2FN3O3S. The number of halogens is 3. The van der Waals surface area contributed by atoms with Crippen LogP contribution in [0, 0.1) is 11.7 Å². The van der Waals surface area contributed by atoms with Gasteiger partial charge in [0.25, 0.3) is 10.0 Å². The van der Waals surface area contributed by atoms with Crippen LogP contribution in [0.2, 0.25) is 10.0 Å². The second-order valence-corrected chi connectivity index (χ2v) is 10.1. The SMILES string of the molecule is C[C@H](NC(=O)C1CCN(C2=NS(=O)(=O)c3ccccc32)CC1)c1cc(F)c(Cl)cc1Cl. The molecule has 1 saturated heterocycles. The molecule has 0 aromatic heterocycles. The molecule has 0 radical (unpaired) electrons. The van der Waals surface area contributed by atoms with E-state index in [4.69, 9.17) is 23.2 Å². The van der Waals surface area contributed by atoms with Crippen LogP contribution >= 0.6 is 23.2 Å². The zero-order chi connectivity index (χ0) is 22.3. The van der Waals surface area contributed by atoms with Crippen LogP contribution in [0.4, 0.5) is 4.39 Å². The molecule has 1 fully saturated rings. The molecule has 0 aliphatic carbocycles. The lowest BCUT2D eigenvalue weighted by Crippen LogP contribution is -2.43. The number of sulfonamides is 1. The first-order chi connectivity index (χ1) is 14.7. The molecule has 0 spiro atoms. The van der Waals surface area contributed by atoms with E-state index in [1.807, 2.05) is 4.90 Å². The van der Waals surface area contributed by atoms with Crippen molar-refractivity contribution in [1.82, 2.24) is 10.2 Å². The van der Waals surface area contributed by atoms with Gasteiger partial charge in [0.05, 0.1) is 11.1 Å². The van der Waals surface area contributed by atoms with E-state index >= 15 is 0 Å². The van der Waals surface area contributed by atoms with Crippen molar-refractivity contribution in [2.24, 2.45) is 10.3 Å². The third-order valence-corrected chi connectivity index (χ3v) is 7.58. The quantitative estimate of drug-likeness (QED) is 0.664. The number of carbonyl (C=O) groups excluding carboxylic acids is 1. The fraction of sp³-hybridized carbons (Fsp3) is 0.333. The average molecular weight is 484 g/mol. The number of carbonyl (C=O) groups is 1. The zero-order valence-corrected chi connectivity index (χ0v) is 18.9. The van der Waals surface area contributed by atoms with Crippen molar-refractivity contribution in [2.45, 2.75) is 30.7 Å². The van der Waals surface area contributed by atoms with Gasteiger partial charge in [0.2, 0.25) is 5.91 Å². The van der Waals surface area contributed by atoms with Crippen LogP contribution in [-0.2, 0) is 14.8 Å². The van der Waals surface area contributed by atoms with Gasteiger partial charge in [0, 0.05) is 29.6 Å². The molecule has 2 aliphatic rings. The zero-order valence-electron chi connectivity index (χ0n) is 16.6. The van der Waals surface area contributed by atoms with Gasteiger partial charge in [-0.15, -0.1) is 4.40 Å². The number of hydrogen-bond acceptors (Lipinski definition) is 4. The van der Waals surface area contributed by atoms with Crippen LogP contribution < -0.4 is 5.32 Å². The van der Waals surface area contributed by atoms with Gasteiger partial charge in [-0.05, 0) is 49.6 Å². The first kappa shape index (κ1) is 22.0. The molecule has 1 N–H and O–H groups in total. The molecule has 1 atom stereocenters. The Bertz CT molecular complexity index is 1180. The number of piperidine rings is 1. The van der Waals surface area contributed by atoms with Crippen LogP contribution in [0.5, 0.6) is 0 Å². The number of hydrogen-bond donors (Lipinski definition) is 1. The van der Waals surface area contributed by atoms with Crippen molar-refractivity contribution in [3.63, 3.8) is 0 Å². The molecule has 0 saturated carbocycles. The summed E-state index contributed by atoms with van der Waals surface area (Å²) in [6, 6.07) is 8.81. The van der Waals surface area contributed by atoms with Gasteiger partial charge in [-0.2, -0.15) is 8.42 Å². The molecule has 0 bridgehead atoms. The number of amidine groups is 1. The number of fused-ring (bicyclic) bond motifs is 1. The Kier molecular flexibility index (Phi) is 5.98. The largest absolute Gasteiger partial charge is 0.355 e. The standard InChI is InChI=1S/C21H20Cl2FN3O3S/c1-12(15-10-18(24)17(23)11-16(15)22)25-21(28)13-6-8-27(9-7-13)20-14-4-2-3-5-19(14)31(29,30)26-20/h2-5,10-13H,6-9H2,1H3,(H,25,28)/t12-/m0/s1. The topological polar surface area (TPSA) is 78.8 Å². The van der Waals surface area contributed by atoms with Crippen molar-refractivity contribution < 1.29 is 17.6 Å². The first-order valence-corrected chi connectivity index (χ1v) is 12.0. The molecule has 164 valence electrons. The molecule has 2 heterocycles. The lowest BCUT2D eigenvalue weighted by atomic mass is 9.94. The maximum absolute atomic E-state index is 13.8. The van der Waals surface area contributed by atoms with Gasteiger partial charge >= 0.3 is 0 Å². The third kappa shape index (κ3) is 4.29. The van der Waals surface area contributed by atoms with E-state index in [1.165, 1.54) is 12.1 Å². The van der Waals surface area contributed by atoms with Crippen LogP contribution in [0.25, 0.3) is 0 Å². The number of nitrogens with one attached hydrogen (secondary N) is 1. The summed E-state index contributed by atoms with van der Waals surface area (Å²) in [5, 5.41) is 3.10. The Hall–Kier alpha value is -2.16. The number of rotatable bonds is 3. The fourth-order valence-corrected chi connectivity index (χ4v) is 5.72. The number of nitrogens with zero attached hydrogens (tertiary/aromatic N) is 2. The summed E-state index contributed by atoms with van der Waals surface area (Å²) in [7, 11) is -3.68. The lowest BCUT2D eigenvalue weighted by molar-refractivity contribution is -0.126. The molecule has 0 unspecified atom stereocenters. The minimum atomic E-state index is -3.68. The van der Waals surface area contributed by atoms with E-state index < -0.39 is 21.9 Å². The summed E-state index contributed by atoms with van der Waals surface area (Å²) in [4.78, 5) is 14.9. The van der Waals surface area contributed by atoms with Crippen molar-refractivity contribution in [3.05, 3.63) is 63.4 Å². The number of likely N-dealkylation sites (tertiary alicyclic amines) is 1. The highest BCUT2D eigenvalue weighted by Gasteiger charge is 2.34. The monoisotopic (exact) mass is 483 g/mol. The number of amides is 1.